The van der Waals surface area contributed by atoms with E-state index < -0.39 is 0 Å². The normalized spacial score (nSPS) is 16.9. The third-order valence-corrected chi connectivity index (χ3v) is 5.79. The van der Waals surface area contributed by atoms with Crippen molar-refractivity contribution < 1.29 is 14.8 Å². The van der Waals surface area contributed by atoms with Crippen molar-refractivity contribution in [2.75, 3.05) is 20.8 Å². The molecule has 0 saturated carbocycles. The Hall–Kier alpha value is -2.78. The minimum absolute atomic E-state index is 0.277. The Morgan fingerprint density at radius 1 is 0.857 bits per heavy atom. The molecule has 0 fully saturated rings. The van der Waals surface area contributed by atoms with Crippen LogP contribution in [-0.2, 0) is 6.42 Å². The van der Waals surface area contributed by atoms with Gasteiger partial charge >= 0.3 is 0 Å². The number of benzene rings is 3. The predicted octanol–water partition coefficient (Wildman–Crippen LogP) is 4.00. The third kappa shape index (κ3) is 3.50. The summed E-state index contributed by atoms with van der Waals surface area (Å²) >= 11 is 0. The van der Waals surface area contributed by atoms with E-state index in [1.165, 1.54) is 27.8 Å². The van der Waals surface area contributed by atoms with E-state index in [4.69, 9.17) is 9.47 Å². The highest BCUT2D eigenvalue weighted by Gasteiger charge is 2.34. The van der Waals surface area contributed by atoms with Crippen molar-refractivity contribution in [1.82, 2.24) is 0 Å². The highest BCUT2D eigenvalue weighted by atomic mass is 16.5. The molecule has 0 aromatic heterocycles. The fourth-order valence-electron chi connectivity index (χ4n) is 4.37. The molecule has 0 bridgehead atoms. The van der Waals surface area contributed by atoms with Crippen LogP contribution in [0.25, 0.3) is 0 Å². The molecule has 1 aliphatic heterocycles. The molecule has 144 valence electrons. The van der Waals surface area contributed by atoms with Gasteiger partial charge in [0.1, 0.15) is 6.04 Å². The van der Waals surface area contributed by atoms with E-state index in [0.717, 1.165) is 24.5 Å². The smallest absolute Gasteiger partial charge is 0.161 e. The number of nitrogens with two attached hydrogens (primary N) is 1. The van der Waals surface area contributed by atoms with Crippen LogP contribution in [-0.4, -0.2) is 20.8 Å². The monoisotopic (exact) mass is 374 g/mol. The maximum absolute atomic E-state index is 5.62. The number of rotatable bonds is 5. The highest BCUT2D eigenvalue weighted by molar-refractivity contribution is 5.50. The zero-order valence-electron chi connectivity index (χ0n) is 16.8. The lowest BCUT2D eigenvalue weighted by molar-refractivity contribution is -0.701. The first kappa shape index (κ1) is 18.6. The molecule has 2 atom stereocenters. The number of hydrogen-bond acceptors (Lipinski definition) is 2. The first-order valence-electron chi connectivity index (χ1n) is 9.91. The number of aryl methyl sites for hydroxylation is 1. The lowest BCUT2D eigenvalue weighted by Gasteiger charge is -2.32. The minimum atomic E-state index is 0.277. The van der Waals surface area contributed by atoms with Crippen molar-refractivity contribution in [2.24, 2.45) is 0 Å². The summed E-state index contributed by atoms with van der Waals surface area (Å²) in [5, 5.41) is 2.48. The predicted molar refractivity (Wildman–Crippen MR) is 112 cm³/mol. The lowest BCUT2D eigenvalue weighted by atomic mass is 9.78. The molecule has 0 amide bonds. The zero-order valence-corrected chi connectivity index (χ0v) is 16.8. The second-order valence-corrected chi connectivity index (χ2v) is 7.51. The SMILES string of the molecule is COc1cc2c(cc1OC)[C@@H]([C@H](c1ccccc1)c1ccc(C)cc1)[NH2+]CC2. The number of hydrogen-bond donors (Lipinski definition) is 1. The van der Waals surface area contributed by atoms with Gasteiger partial charge in [-0.3, -0.25) is 0 Å². The van der Waals surface area contributed by atoms with Crippen LogP contribution >= 0.6 is 0 Å². The van der Waals surface area contributed by atoms with Gasteiger partial charge in [-0.15, -0.1) is 0 Å². The third-order valence-electron chi connectivity index (χ3n) is 5.79. The average Bonchev–Trinajstić information content (AvgIpc) is 2.75. The summed E-state index contributed by atoms with van der Waals surface area (Å²) in [5.41, 5.74) is 6.68. The van der Waals surface area contributed by atoms with Gasteiger partial charge in [0.15, 0.2) is 11.5 Å². The van der Waals surface area contributed by atoms with Crippen LogP contribution in [0.15, 0.2) is 66.7 Å². The Morgan fingerprint density at radius 2 is 1.50 bits per heavy atom. The summed E-state index contributed by atoms with van der Waals surface area (Å²) in [6.07, 6.45) is 1.04. The van der Waals surface area contributed by atoms with Crippen molar-refractivity contribution in [3.63, 3.8) is 0 Å². The molecule has 0 saturated heterocycles. The van der Waals surface area contributed by atoms with E-state index in [1.807, 2.05) is 0 Å². The number of ether oxygens (including phenoxy) is 2. The van der Waals surface area contributed by atoms with Crippen molar-refractivity contribution in [3.8, 4) is 11.5 Å². The van der Waals surface area contributed by atoms with Crippen molar-refractivity contribution >= 4 is 0 Å². The van der Waals surface area contributed by atoms with Crippen LogP contribution in [0, 0.1) is 6.92 Å². The molecule has 3 aromatic rings. The van der Waals surface area contributed by atoms with E-state index in [2.05, 4.69) is 79.0 Å². The fourth-order valence-corrected chi connectivity index (χ4v) is 4.37. The van der Waals surface area contributed by atoms with Crippen molar-refractivity contribution in [2.45, 2.75) is 25.3 Å². The average molecular weight is 375 g/mol. The number of fused-ring (bicyclic) bond motifs is 1. The number of quaternary nitrogens is 1. The molecule has 0 aliphatic carbocycles. The molecular formula is C25H28NO2+. The zero-order chi connectivity index (χ0) is 19.5. The molecular weight excluding hydrogens is 346 g/mol. The van der Waals surface area contributed by atoms with Crippen LogP contribution in [0.1, 0.15) is 39.8 Å². The van der Waals surface area contributed by atoms with Crippen LogP contribution in [0.5, 0.6) is 11.5 Å². The van der Waals surface area contributed by atoms with Crippen LogP contribution in [0.2, 0.25) is 0 Å². The standard InChI is InChI=1S/C25H27NO2/c1-17-9-11-19(12-10-17)24(18-7-5-4-6-8-18)25-21-16-23(28-3)22(27-2)15-20(21)13-14-26-25/h4-12,15-16,24-26H,13-14H2,1-3H3/p+1/t24-,25+/m1/s1. The highest BCUT2D eigenvalue weighted by Crippen LogP contribution is 2.41. The summed E-state index contributed by atoms with van der Waals surface area (Å²) in [7, 11) is 3.41. The van der Waals surface area contributed by atoms with E-state index in [0.29, 0.717) is 6.04 Å². The summed E-state index contributed by atoms with van der Waals surface area (Å²) in [5.74, 6) is 1.89. The van der Waals surface area contributed by atoms with Crippen LogP contribution in [0.3, 0.4) is 0 Å². The van der Waals surface area contributed by atoms with Gasteiger partial charge in [-0.25, -0.2) is 0 Å². The van der Waals surface area contributed by atoms with Gasteiger partial charge in [0.05, 0.1) is 26.7 Å². The molecule has 0 radical (unpaired) electrons. The quantitative estimate of drug-likeness (QED) is 0.732. The van der Waals surface area contributed by atoms with Crippen molar-refractivity contribution in [1.29, 1.82) is 0 Å². The Morgan fingerprint density at radius 3 is 2.18 bits per heavy atom. The van der Waals surface area contributed by atoms with E-state index in [9.17, 15) is 0 Å². The first-order valence-corrected chi connectivity index (χ1v) is 9.91. The van der Waals surface area contributed by atoms with Crippen molar-refractivity contribution in [3.05, 3.63) is 94.5 Å². The molecule has 2 N–H and O–H groups in total. The Kier molecular flexibility index (Phi) is 5.36. The summed E-state index contributed by atoms with van der Waals surface area (Å²) < 4.78 is 11.2. The second-order valence-electron chi connectivity index (χ2n) is 7.51. The molecule has 0 spiro atoms. The first-order chi connectivity index (χ1) is 13.7. The van der Waals surface area contributed by atoms with Gasteiger partial charge in [-0.05, 0) is 35.7 Å². The van der Waals surface area contributed by atoms with E-state index in [1.54, 1.807) is 14.2 Å². The number of methoxy groups -OCH3 is 2. The Balaban J connectivity index is 1.85. The van der Waals surface area contributed by atoms with Gasteiger partial charge < -0.3 is 14.8 Å². The maximum atomic E-state index is 5.62. The van der Waals surface area contributed by atoms with Gasteiger partial charge in [-0.1, -0.05) is 60.2 Å². The topological polar surface area (TPSA) is 35.1 Å². The lowest BCUT2D eigenvalue weighted by Crippen LogP contribution is -2.88. The van der Waals surface area contributed by atoms with E-state index in [-0.39, 0.29) is 5.92 Å². The van der Waals surface area contributed by atoms with Gasteiger partial charge in [0.25, 0.3) is 0 Å². The van der Waals surface area contributed by atoms with Crippen LogP contribution < -0.4 is 14.8 Å². The Labute approximate surface area is 167 Å². The van der Waals surface area contributed by atoms with Gasteiger partial charge in [0, 0.05) is 12.0 Å². The van der Waals surface area contributed by atoms with E-state index >= 15 is 0 Å². The molecule has 0 unspecified atom stereocenters. The van der Waals surface area contributed by atoms with Gasteiger partial charge in [0.2, 0.25) is 0 Å². The second kappa shape index (κ2) is 8.07. The molecule has 1 heterocycles. The molecule has 3 nitrogen and oxygen atoms in total. The maximum Gasteiger partial charge on any atom is 0.161 e. The fraction of sp³-hybridized carbons (Fsp3) is 0.280. The molecule has 3 aromatic carbocycles. The van der Waals surface area contributed by atoms with Gasteiger partial charge in [-0.2, -0.15) is 0 Å². The molecule has 3 heteroatoms. The largest absolute Gasteiger partial charge is 0.493 e. The summed E-state index contributed by atoms with van der Waals surface area (Å²) in [6.45, 7) is 3.21. The molecule has 4 rings (SSSR count). The summed E-state index contributed by atoms with van der Waals surface area (Å²) in [4.78, 5) is 0. The molecule has 28 heavy (non-hydrogen) atoms. The Bertz CT molecular complexity index is 935. The minimum Gasteiger partial charge on any atom is -0.493 e. The summed E-state index contributed by atoms with van der Waals surface area (Å²) in [6, 6.07) is 24.4. The molecule has 1 aliphatic rings. The van der Waals surface area contributed by atoms with Crippen LogP contribution in [0.4, 0.5) is 0 Å².